The molecule has 7 heteroatoms. The van der Waals surface area contributed by atoms with E-state index in [4.69, 9.17) is 4.74 Å². The van der Waals surface area contributed by atoms with Crippen LogP contribution in [0.1, 0.15) is 34.9 Å². The lowest BCUT2D eigenvalue weighted by Crippen LogP contribution is -2.21. The van der Waals surface area contributed by atoms with Crippen molar-refractivity contribution in [1.82, 2.24) is 0 Å². The number of thiophene rings is 1. The number of ether oxygens (including phenoxy) is 1. The lowest BCUT2D eigenvalue weighted by Gasteiger charge is -2.17. The molecule has 0 saturated heterocycles. The van der Waals surface area contributed by atoms with Gasteiger partial charge < -0.3 is 10.1 Å². The number of anilines is 1. The van der Waals surface area contributed by atoms with Gasteiger partial charge in [0.2, 0.25) is 0 Å². The van der Waals surface area contributed by atoms with Gasteiger partial charge in [-0.05, 0) is 48.4 Å². The molecule has 1 amide bonds. The zero-order chi connectivity index (χ0) is 19.4. The number of nitriles is 1. The van der Waals surface area contributed by atoms with Gasteiger partial charge in [0.05, 0.1) is 12.0 Å². The first kappa shape index (κ1) is 19.6. The molecular weight excluding hydrogens is 428 g/mol. The van der Waals surface area contributed by atoms with Gasteiger partial charge in [0.15, 0.2) is 6.61 Å². The Morgan fingerprint density at radius 2 is 2.11 bits per heavy atom. The highest BCUT2D eigenvalue weighted by molar-refractivity contribution is 9.10. The van der Waals surface area contributed by atoms with Crippen molar-refractivity contribution in [1.29, 1.82) is 5.26 Å². The number of fused-ring (bicyclic) bond motifs is 1. The van der Waals surface area contributed by atoms with E-state index in [-0.39, 0.29) is 13.0 Å². The van der Waals surface area contributed by atoms with Crippen molar-refractivity contribution < 1.29 is 14.3 Å². The summed E-state index contributed by atoms with van der Waals surface area (Å²) in [7, 11) is 0. The molecule has 5 nitrogen and oxygen atoms in total. The summed E-state index contributed by atoms with van der Waals surface area (Å²) in [4.78, 5) is 25.2. The van der Waals surface area contributed by atoms with Gasteiger partial charge in [0.25, 0.3) is 5.91 Å². The van der Waals surface area contributed by atoms with Crippen LogP contribution in [0, 0.1) is 17.2 Å². The van der Waals surface area contributed by atoms with Crippen LogP contribution >= 0.6 is 27.3 Å². The number of benzene rings is 1. The monoisotopic (exact) mass is 446 g/mol. The molecule has 0 aliphatic heterocycles. The van der Waals surface area contributed by atoms with E-state index in [9.17, 15) is 14.9 Å². The van der Waals surface area contributed by atoms with Crippen LogP contribution in [0.25, 0.3) is 0 Å². The summed E-state index contributed by atoms with van der Waals surface area (Å²) in [5.74, 6) is -0.305. The molecule has 0 radical (unpaired) electrons. The first-order valence-electron chi connectivity index (χ1n) is 8.70. The van der Waals surface area contributed by atoms with E-state index in [1.54, 1.807) is 0 Å². The van der Waals surface area contributed by atoms with Crippen molar-refractivity contribution in [2.45, 2.75) is 32.6 Å². The van der Waals surface area contributed by atoms with Gasteiger partial charge in [0, 0.05) is 9.35 Å². The Kier molecular flexibility index (Phi) is 6.30. The number of esters is 1. The van der Waals surface area contributed by atoms with Crippen molar-refractivity contribution in [3.05, 3.63) is 50.3 Å². The van der Waals surface area contributed by atoms with Crippen LogP contribution in [-0.2, 0) is 33.6 Å². The fourth-order valence-electron chi connectivity index (χ4n) is 3.09. The van der Waals surface area contributed by atoms with Crippen LogP contribution in [0.4, 0.5) is 5.00 Å². The van der Waals surface area contributed by atoms with Crippen LogP contribution in [-0.4, -0.2) is 18.5 Å². The minimum absolute atomic E-state index is 0.106. The molecule has 0 spiro atoms. The average molecular weight is 447 g/mol. The molecule has 1 heterocycles. The Bertz CT molecular complexity index is 899. The Labute approximate surface area is 170 Å². The van der Waals surface area contributed by atoms with Gasteiger partial charge >= 0.3 is 5.97 Å². The number of amides is 1. The zero-order valence-electron chi connectivity index (χ0n) is 14.9. The summed E-state index contributed by atoms with van der Waals surface area (Å²) in [5.41, 5.74) is 2.43. The summed E-state index contributed by atoms with van der Waals surface area (Å²) < 4.78 is 5.99. The Hall–Kier alpha value is -2.17. The molecule has 0 saturated carbocycles. The topological polar surface area (TPSA) is 79.2 Å². The maximum absolute atomic E-state index is 12.2. The van der Waals surface area contributed by atoms with Crippen molar-refractivity contribution >= 4 is 44.1 Å². The van der Waals surface area contributed by atoms with Gasteiger partial charge in [-0.1, -0.05) is 35.0 Å². The lowest BCUT2D eigenvalue weighted by atomic mass is 9.89. The van der Waals surface area contributed by atoms with Gasteiger partial charge in [0.1, 0.15) is 11.1 Å². The minimum atomic E-state index is -0.465. The second kappa shape index (κ2) is 8.68. The standard InChI is InChI=1S/C20H19BrN2O3S/c1-12-2-7-15-16(10-22)20(27-17(15)8-12)23-18(24)11-26-19(25)9-13-3-5-14(21)6-4-13/h3-6,12H,2,7-9,11H2,1H3,(H,23,24). The highest BCUT2D eigenvalue weighted by Gasteiger charge is 2.24. The van der Waals surface area contributed by atoms with Gasteiger partial charge in [-0.25, -0.2) is 0 Å². The zero-order valence-corrected chi connectivity index (χ0v) is 17.3. The molecule has 3 rings (SSSR count). The third-order valence-electron chi connectivity index (χ3n) is 4.50. The Balaban J connectivity index is 1.56. The minimum Gasteiger partial charge on any atom is -0.455 e. The first-order chi connectivity index (χ1) is 13.0. The second-order valence-electron chi connectivity index (χ2n) is 6.68. The van der Waals surface area contributed by atoms with E-state index < -0.39 is 11.9 Å². The van der Waals surface area contributed by atoms with Crippen molar-refractivity contribution in [2.24, 2.45) is 5.92 Å². The largest absolute Gasteiger partial charge is 0.455 e. The molecule has 1 aliphatic carbocycles. The number of rotatable bonds is 5. The smallest absolute Gasteiger partial charge is 0.310 e. The highest BCUT2D eigenvalue weighted by Crippen LogP contribution is 2.39. The van der Waals surface area contributed by atoms with Gasteiger partial charge in [-0.2, -0.15) is 5.26 Å². The third-order valence-corrected chi connectivity index (χ3v) is 6.20. The summed E-state index contributed by atoms with van der Waals surface area (Å²) in [6.07, 6.45) is 2.97. The van der Waals surface area contributed by atoms with Crippen molar-refractivity contribution in [2.75, 3.05) is 11.9 Å². The van der Waals surface area contributed by atoms with Crippen LogP contribution in [0.5, 0.6) is 0 Å². The highest BCUT2D eigenvalue weighted by atomic mass is 79.9. The molecule has 0 fully saturated rings. The van der Waals surface area contributed by atoms with E-state index in [0.29, 0.717) is 16.5 Å². The normalized spacial score (nSPS) is 15.5. The van der Waals surface area contributed by atoms with Crippen LogP contribution in [0.3, 0.4) is 0 Å². The molecule has 1 atom stereocenters. The number of carbonyl (C=O) groups is 2. The fraction of sp³-hybridized carbons (Fsp3) is 0.350. The summed E-state index contributed by atoms with van der Waals surface area (Å²) in [5, 5.41) is 12.8. The molecular formula is C20H19BrN2O3S. The SMILES string of the molecule is CC1CCc2c(sc(NC(=O)COC(=O)Cc3ccc(Br)cc3)c2C#N)C1. The van der Waals surface area contributed by atoms with Crippen LogP contribution in [0.15, 0.2) is 28.7 Å². The van der Waals surface area contributed by atoms with E-state index in [1.807, 2.05) is 24.3 Å². The van der Waals surface area contributed by atoms with E-state index in [2.05, 4.69) is 34.2 Å². The molecule has 1 aliphatic rings. The number of nitrogens with one attached hydrogen (secondary N) is 1. The van der Waals surface area contributed by atoms with E-state index in [0.717, 1.165) is 34.9 Å². The second-order valence-corrected chi connectivity index (χ2v) is 8.70. The van der Waals surface area contributed by atoms with Crippen LogP contribution < -0.4 is 5.32 Å². The van der Waals surface area contributed by atoms with Gasteiger partial charge in [-0.15, -0.1) is 11.3 Å². The number of hydrogen-bond acceptors (Lipinski definition) is 5. The van der Waals surface area contributed by atoms with E-state index in [1.165, 1.54) is 16.2 Å². The maximum atomic E-state index is 12.2. The Morgan fingerprint density at radius 3 is 2.81 bits per heavy atom. The number of carbonyl (C=O) groups excluding carboxylic acids is 2. The molecule has 1 unspecified atom stereocenters. The third kappa shape index (κ3) is 4.96. The quantitative estimate of drug-likeness (QED) is 0.696. The summed E-state index contributed by atoms with van der Waals surface area (Å²) in [6, 6.07) is 9.54. The average Bonchev–Trinajstić information content (AvgIpc) is 2.97. The molecule has 0 bridgehead atoms. The fourth-order valence-corrected chi connectivity index (χ4v) is 4.73. The molecule has 1 N–H and O–H groups in total. The number of hydrogen-bond donors (Lipinski definition) is 1. The molecule has 27 heavy (non-hydrogen) atoms. The van der Waals surface area contributed by atoms with Gasteiger partial charge in [-0.3, -0.25) is 9.59 Å². The van der Waals surface area contributed by atoms with Crippen molar-refractivity contribution in [3.8, 4) is 6.07 Å². The molecule has 1 aromatic carbocycles. The number of nitrogens with zero attached hydrogens (tertiary/aromatic N) is 1. The van der Waals surface area contributed by atoms with Crippen molar-refractivity contribution in [3.63, 3.8) is 0 Å². The van der Waals surface area contributed by atoms with E-state index >= 15 is 0 Å². The Morgan fingerprint density at radius 1 is 1.37 bits per heavy atom. The molecule has 140 valence electrons. The lowest BCUT2D eigenvalue weighted by molar-refractivity contribution is -0.146. The van der Waals surface area contributed by atoms with Crippen LogP contribution in [0.2, 0.25) is 0 Å². The molecule has 1 aromatic heterocycles. The maximum Gasteiger partial charge on any atom is 0.310 e. The summed E-state index contributed by atoms with van der Waals surface area (Å²) in [6.45, 7) is 1.83. The molecule has 2 aromatic rings. The number of halogens is 1. The summed E-state index contributed by atoms with van der Waals surface area (Å²) >= 11 is 4.80. The predicted octanol–water partition coefficient (Wildman–Crippen LogP) is 4.23. The first-order valence-corrected chi connectivity index (χ1v) is 10.3. The predicted molar refractivity (Wildman–Crippen MR) is 108 cm³/mol.